The van der Waals surface area contributed by atoms with Gasteiger partial charge < -0.3 is 25.6 Å². The molecule has 5 N–H and O–H groups in total. The highest BCUT2D eigenvalue weighted by Gasteiger charge is 2.28. The predicted octanol–water partition coefficient (Wildman–Crippen LogP) is 1.25. The predicted molar refractivity (Wildman–Crippen MR) is 107 cm³/mol. The Balaban J connectivity index is 1.66. The summed E-state index contributed by atoms with van der Waals surface area (Å²) in [5.74, 6) is 0.311. The van der Waals surface area contributed by atoms with Crippen LogP contribution in [0.15, 0.2) is 30.5 Å². The molecule has 1 amide bonds. The maximum absolute atomic E-state index is 12.4. The molecule has 0 spiro atoms. The molecule has 2 aromatic rings. The first-order valence-corrected chi connectivity index (χ1v) is 9.18. The van der Waals surface area contributed by atoms with Crippen LogP contribution in [-0.4, -0.2) is 58.7 Å². The highest BCUT2D eigenvalue weighted by atomic mass is 16.5. The SMILES string of the molecule is CC(C)(CO)CNCC(O)COc1cccc2c1/C(=C/c1ccn[nH]1)C(=O)N2. The lowest BCUT2D eigenvalue weighted by atomic mass is 9.95. The number of aromatic nitrogens is 2. The first-order chi connectivity index (χ1) is 13.4. The van der Waals surface area contributed by atoms with E-state index in [1.165, 1.54) is 0 Å². The van der Waals surface area contributed by atoms with E-state index in [1.807, 2.05) is 19.9 Å². The molecule has 0 fully saturated rings. The third-order valence-corrected chi connectivity index (χ3v) is 4.45. The number of nitrogens with one attached hydrogen (secondary N) is 3. The van der Waals surface area contributed by atoms with E-state index in [-0.39, 0.29) is 24.5 Å². The van der Waals surface area contributed by atoms with Crippen molar-refractivity contribution in [2.45, 2.75) is 20.0 Å². The van der Waals surface area contributed by atoms with Gasteiger partial charge in [0, 0.05) is 31.3 Å². The number of hydrogen-bond acceptors (Lipinski definition) is 6. The largest absolute Gasteiger partial charge is 0.490 e. The number of aromatic amines is 1. The summed E-state index contributed by atoms with van der Waals surface area (Å²) in [6, 6.07) is 7.14. The third-order valence-electron chi connectivity index (χ3n) is 4.45. The smallest absolute Gasteiger partial charge is 0.256 e. The number of ether oxygens (including phenoxy) is 1. The maximum Gasteiger partial charge on any atom is 0.256 e. The molecule has 8 nitrogen and oxygen atoms in total. The molecule has 3 rings (SSSR count). The zero-order valence-corrected chi connectivity index (χ0v) is 16.0. The van der Waals surface area contributed by atoms with Crippen LogP contribution in [0.25, 0.3) is 11.6 Å². The number of aliphatic hydroxyl groups excluding tert-OH is 2. The number of carbonyl (C=O) groups excluding carboxylic acids is 1. The molecule has 8 heteroatoms. The fraction of sp³-hybridized carbons (Fsp3) is 0.400. The summed E-state index contributed by atoms with van der Waals surface area (Å²) in [4.78, 5) is 12.4. The summed E-state index contributed by atoms with van der Waals surface area (Å²) >= 11 is 0. The second-order valence-electron chi connectivity index (χ2n) is 7.62. The normalized spacial score (nSPS) is 16.1. The van der Waals surface area contributed by atoms with E-state index in [2.05, 4.69) is 20.8 Å². The van der Waals surface area contributed by atoms with Crippen LogP contribution >= 0.6 is 0 Å². The molecule has 0 aliphatic carbocycles. The van der Waals surface area contributed by atoms with Crippen LogP contribution in [0.5, 0.6) is 5.75 Å². The monoisotopic (exact) mass is 386 g/mol. The van der Waals surface area contributed by atoms with E-state index in [0.717, 1.165) is 0 Å². The summed E-state index contributed by atoms with van der Waals surface area (Å²) < 4.78 is 5.82. The van der Waals surface area contributed by atoms with Gasteiger partial charge in [-0.3, -0.25) is 9.89 Å². The lowest BCUT2D eigenvalue weighted by Crippen LogP contribution is -2.38. The Bertz CT molecular complexity index is 846. The van der Waals surface area contributed by atoms with Crippen molar-refractivity contribution < 1.29 is 19.7 Å². The average Bonchev–Trinajstić information content (AvgIpc) is 3.28. The molecule has 1 aromatic heterocycles. The van der Waals surface area contributed by atoms with Crippen molar-refractivity contribution in [1.82, 2.24) is 15.5 Å². The summed E-state index contributed by atoms with van der Waals surface area (Å²) in [6.07, 6.45) is 2.61. The molecule has 0 radical (unpaired) electrons. The van der Waals surface area contributed by atoms with Gasteiger partial charge in [-0.2, -0.15) is 5.10 Å². The van der Waals surface area contributed by atoms with Crippen LogP contribution in [0.1, 0.15) is 25.1 Å². The quantitative estimate of drug-likeness (QED) is 0.414. The van der Waals surface area contributed by atoms with Crippen molar-refractivity contribution >= 4 is 23.2 Å². The van der Waals surface area contributed by atoms with E-state index in [0.29, 0.717) is 41.4 Å². The molecule has 28 heavy (non-hydrogen) atoms. The number of anilines is 1. The Morgan fingerprint density at radius 1 is 1.36 bits per heavy atom. The van der Waals surface area contributed by atoms with Crippen molar-refractivity contribution in [3.63, 3.8) is 0 Å². The van der Waals surface area contributed by atoms with E-state index >= 15 is 0 Å². The number of H-pyrrole nitrogens is 1. The first kappa shape index (κ1) is 20.1. The Morgan fingerprint density at radius 2 is 2.18 bits per heavy atom. The molecule has 1 aliphatic heterocycles. The minimum atomic E-state index is -0.726. The number of rotatable bonds is 9. The lowest BCUT2D eigenvalue weighted by molar-refractivity contribution is -0.110. The Labute approximate surface area is 163 Å². The van der Waals surface area contributed by atoms with E-state index in [9.17, 15) is 15.0 Å². The van der Waals surface area contributed by atoms with Gasteiger partial charge >= 0.3 is 0 Å². The van der Waals surface area contributed by atoms with Crippen LogP contribution in [0.3, 0.4) is 0 Å². The first-order valence-electron chi connectivity index (χ1n) is 9.18. The molecule has 1 atom stereocenters. The number of nitrogens with zero attached hydrogens (tertiary/aromatic N) is 1. The summed E-state index contributed by atoms with van der Waals surface area (Å²) in [6.45, 7) is 4.94. The molecule has 0 saturated heterocycles. The van der Waals surface area contributed by atoms with Gasteiger partial charge in [0.1, 0.15) is 18.5 Å². The van der Waals surface area contributed by atoms with Crippen LogP contribution in [-0.2, 0) is 4.79 Å². The third kappa shape index (κ3) is 4.78. The van der Waals surface area contributed by atoms with Crippen molar-refractivity contribution in [1.29, 1.82) is 0 Å². The number of fused-ring (bicyclic) bond motifs is 1. The zero-order chi connectivity index (χ0) is 20.1. The van der Waals surface area contributed by atoms with Gasteiger partial charge in [0.25, 0.3) is 5.91 Å². The van der Waals surface area contributed by atoms with Gasteiger partial charge in [0.15, 0.2) is 0 Å². The molecule has 0 bridgehead atoms. The minimum absolute atomic E-state index is 0.0647. The van der Waals surface area contributed by atoms with Gasteiger partial charge in [-0.1, -0.05) is 19.9 Å². The topological polar surface area (TPSA) is 120 Å². The summed E-state index contributed by atoms with van der Waals surface area (Å²) in [7, 11) is 0. The van der Waals surface area contributed by atoms with E-state index in [4.69, 9.17) is 4.74 Å². The van der Waals surface area contributed by atoms with Gasteiger partial charge in [0.2, 0.25) is 0 Å². The molecular weight excluding hydrogens is 360 g/mol. The van der Waals surface area contributed by atoms with Gasteiger partial charge in [-0.05, 0) is 24.3 Å². The van der Waals surface area contributed by atoms with Crippen molar-refractivity contribution in [2.75, 3.05) is 31.6 Å². The minimum Gasteiger partial charge on any atom is -0.490 e. The maximum atomic E-state index is 12.4. The van der Waals surface area contributed by atoms with Gasteiger partial charge in [0.05, 0.1) is 22.5 Å². The Morgan fingerprint density at radius 3 is 2.89 bits per heavy atom. The standard InChI is InChI=1S/C20H26N4O4/c1-20(2,12-25)11-21-9-14(26)10-28-17-5-3-4-16-18(17)15(19(27)23-16)8-13-6-7-22-24-13/h3-8,14,21,25-26H,9-12H2,1-2H3,(H,22,24)(H,23,27)/b15-8-. The lowest BCUT2D eigenvalue weighted by Gasteiger charge is -2.23. The molecule has 1 aliphatic rings. The Hall–Kier alpha value is -2.68. The Kier molecular flexibility index (Phi) is 6.13. The van der Waals surface area contributed by atoms with Crippen LogP contribution < -0.4 is 15.4 Å². The highest BCUT2D eigenvalue weighted by Crippen LogP contribution is 2.39. The average molecular weight is 386 g/mol. The second kappa shape index (κ2) is 8.55. The van der Waals surface area contributed by atoms with Crippen molar-refractivity contribution in [3.05, 3.63) is 41.7 Å². The van der Waals surface area contributed by atoms with Crippen LogP contribution in [0.4, 0.5) is 5.69 Å². The molecule has 2 heterocycles. The number of amides is 1. The van der Waals surface area contributed by atoms with Gasteiger partial charge in [-0.25, -0.2) is 0 Å². The van der Waals surface area contributed by atoms with E-state index < -0.39 is 6.10 Å². The summed E-state index contributed by atoms with van der Waals surface area (Å²) in [5, 5.41) is 32.1. The molecular formula is C20H26N4O4. The molecule has 1 aromatic carbocycles. The van der Waals surface area contributed by atoms with Crippen molar-refractivity contribution in [3.8, 4) is 5.75 Å². The van der Waals surface area contributed by atoms with Crippen LogP contribution in [0.2, 0.25) is 0 Å². The highest BCUT2D eigenvalue weighted by molar-refractivity contribution is 6.35. The van der Waals surface area contributed by atoms with Crippen molar-refractivity contribution in [2.24, 2.45) is 5.41 Å². The van der Waals surface area contributed by atoms with Crippen LogP contribution in [0, 0.1) is 5.41 Å². The zero-order valence-electron chi connectivity index (χ0n) is 16.0. The molecule has 150 valence electrons. The van der Waals surface area contributed by atoms with E-state index in [1.54, 1.807) is 30.5 Å². The molecule has 0 saturated carbocycles. The fourth-order valence-corrected chi connectivity index (χ4v) is 2.85. The number of hydrogen-bond donors (Lipinski definition) is 5. The second-order valence-corrected chi connectivity index (χ2v) is 7.62. The van der Waals surface area contributed by atoms with Gasteiger partial charge in [-0.15, -0.1) is 0 Å². The molecule has 1 unspecified atom stereocenters. The number of benzene rings is 1. The fourth-order valence-electron chi connectivity index (χ4n) is 2.85. The number of carbonyl (C=O) groups is 1. The number of aliphatic hydroxyl groups is 2. The summed E-state index contributed by atoms with van der Waals surface area (Å²) in [5.41, 5.74) is 2.28.